The van der Waals surface area contributed by atoms with Crippen LogP contribution in [-0.4, -0.2) is 45.0 Å². The zero-order valence-corrected chi connectivity index (χ0v) is 15.7. The number of halogens is 3. The molecule has 0 bridgehead atoms. The van der Waals surface area contributed by atoms with E-state index in [1.165, 1.54) is 11.8 Å². The lowest BCUT2D eigenvalue weighted by molar-refractivity contribution is -0.192. The molecule has 8 nitrogen and oxygen atoms in total. The molecule has 0 unspecified atom stereocenters. The summed E-state index contributed by atoms with van der Waals surface area (Å²) < 4.78 is 38.3. The SMILES string of the molecule is COc1ccccc1C(=O)n1nc(N)c2ccc(C3CC3)nc21.O=C(O)C(F)(F)F. The van der Waals surface area contributed by atoms with E-state index in [-0.39, 0.29) is 5.91 Å². The molecule has 3 N–H and O–H groups in total. The molecule has 0 atom stereocenters. The van der Waals surface area contributed by atoms with Gasteiger partial charge >= 0.3 is 12.1 Å². The van der Waals surface area contributed by atoms with Gasteiger partial charge < -0.3 is 15.6 Å². The average molecular weight is 422 g/mol. The summed E-state index contributed by atoms with van der Waals surface area (Å²) in [4.78, 5) is 26.4. The maximum Gasteiger partial charge on any atom is 0.490 e. The van der Waals surface area contributed by atoms with Crippen molar-refractivity contribution in [1.82, 2.24) is 14.8 Å². The predicted molar refractivity (Wildman–Crippen MR) is 100 cm³/mol. The van der Waals surface area contributed by atoms with Gasteiger partial charge in [0.2, 0.25) is 0 Å². The number of rotatable bonds is 3. The molecular formula is C19H17F3N4O4. The number of benzene rings is 1. The molecule has 3 aromatic rings. The van der Waals surface area contributed by atoms with E-state index in [1.807, 2.05) is 18.2 Å². The predicted octanol–water partition coefficient (Wildman–Crippen LogP) is 3.22. The minimum absolute atomic E-state index is 0.301. The van der Waals surface area contributed by atoms with Crippen LogP contribution in [0.4, 0.5) is 19.0 Å². The Morgan fingerprint density at radius 3 is 2.40 bits per heavy atom. The minimum Gasteiger partial charge on any atom is -0.496 e. The Labute approximate surface area is 168 Å². The Balaban J connectivity index is 0.000000318. The highest BCUT2D eigenvalue weighted by molar-refractivity contribution is 6.03. The fourth-order valence-corrected chi connectivity index (χ4v) is 2.72. The van der Waals surface area contributed by atoms with Crippen molar-refractivity contribution < 1.29 is 32.6 Å². The van der Waals surface area contributed by atoms with Crippen LogP contribution in [-0.2, 0) is 4.79 Å². The third-order valence-corrected chi connectivity index (χ3v) is 4.35. The first-order valence-electron chi connectivity index (χ1n) is 8.76. The number of alkyl halides is 3. The second kappa shape index (κ2) is 8.01. The number of pyridine rings is 1. The molecule has 0 saturated heterocycles. The smallest absolute Gasteiger partial charge is 0.490 e. The van der Waals surface area contributed by atoms with Crippen LogP contribution in [0.5, 0.6) is 5.75 Å². The normalized spacial score (nSPS) is 13.5. The fourth-order valence-electron chi connectivity index (χ4n) is 2.72. The summed E-state index contributed by atoms with van der Waals surface area (Å²) in [5, 5.41) is 12.0. The van der Waals surface area contributed by atoms with Crippen LogP contribution in [0.3, 0.4) is 0 Å². The van der Waals surface area contributed by atoms with Crippen molar-refractivity contribution in [3.8, 4) is 5.75 Å². The molecule has 4 rings (SSSR count). The number of hydrogen-bond acceptors (Lipinski definition) is 6. The number of nitrogens with two attached hydrogens (primary N) is 1. The highest BCUT2D eigenvalue weighted by Gasteiger charge is 2.38. The van der Waals surface area contributed by atoms with Crippen LogP contribution < -0.4 is 10.5 Å². The molecule has 2 aromatic heterocycles. The molecule has 1 aromatic carbocycles. The number of nitrogen functional groups attached to an aromatic ring is 1. The molecule has 0 aliphatic heterocycles. The van der Waals surface area contributed by atoms with Crippen molar-refractivity contribution in [2.24, 2.45) is 0 Å². The molecule has 1 saturated carbocycles. The van der Waals surface area contributed by atoms with Crippen LogP contribution in [0.1, 0.15) is 34.8 Å². The molecule has 0 radical (unpaired) electrons. The van der Waals surface area contributed by atoms with Crippen molar-refractivity contribution in [2.75, 3.05) is 12.8 Å². The topological polar surface area (TPSA) is 120 Å². The minimum atomic E-state index is -5.08. The largest absolute Gasteiger partial charge is 0.496 e. The number of fused-ring (bicyclic) bond motifs is 1. The van der Waals surface area contributed by atoms with E-state index >= 15 is 0 Å². The number of carboxylic acid groups (broad SMARTS) is 1. The van der Waals surface area contributed by atoms with Crippen molar-refractivity contribution in [2.45, 2.75) is 24.9 Å². The molecule has 0 amide bonds. The summed E-state index contributed by atoms with van der Waals surface area (Å²) in [6.07, 6.45) is -2.80. The molecule has 1 aliphatic carbocycles. The number of carboxylic acids is 1. The first-order valence-corrected chi connectivity index (χ1v) is 8.76. The number of nitrogens with zero attached hydrogens (tertiary/aromatic N) is 3. The summed E-state index contributed by atoms with van der Waals surface area (Å²) in [5.41, 5.74) is 7.87. The number of hydrogen-bond donors (Lipinski definition) is 2. The number of carbonyl (C=O) groups is 2. The quantitative estimate of drug-likeness (QED) is 0.665. The van der Waals surface area contributed by atoms with Crippen LogP contribution in [0, 0.1) is 0 Å². The lowest BCUT2D eigenvalue weighted by Crippen LogP contribution is -2.21. The van der Waals surface area contributed by atoms with Gasteiger partial charge in [0.25, 0.3) is 5.91 Å². The van der Waals surface area contributed by atoms with Crippen molar-refractivity contribution in [3.05, 3.63) is 47.7 Å². The van der Waals surface area contributed by atoms with Gasteiger partial charge in [0, 0.05) is 11.6 Å². The van der Waals surface area contributed by atoms with E-state index in [4.69, 9.17) is 20.4 Å². The number of anilines is 1. The average Bonchev–Trinajstić information content (AvgIpc) is 3.51. The number of methoxy groups -OCH3 is 1. The molecular weight excluding hydrogens is 405 g/mol. The van der Waals surface area contributed by atoms with Gasteiger partial charge in [0.1, 0.15) is 5.75 Å². The summed E-state index contributed by atoms with van der Waals surface area (Å²) in [7, 11) is 1.53. The molecule has 11 heteroatoms. The summed E-state index contributed by atoms with van der Waals surface area (Å²) in [6.45, 7) is 0. The van der Waals surface area contributed by atoms with Crippen LogP contribution >= 0.6 is 0 Å². The van der Waals surface area contributed by atoms with E-state index < -0.39 is 12.1 Å². The van der Waals surface area contributed by atoms with Gasteiger partial charge in [-0.25, -0.2) is 9.78 Å². The first kappa shape index (κ1) is 21.1. The van der Waals surface area contributed by atoms with Gasteiger partial charge in [-0.15, -0.1) is 5.10 Å². The highest BCUT2D eigenvalue weighted by Crippen LogP contribution is 2.39. The molecule has 0 spiro atoms. The van der Waals surface area contributed by atoms with Crippen LogP contribution in [0.15, 0.2) is 36.4 Å². The van der Waals surface area contributed by atoms with Gasteiger partial charge in [0.15, 0.2) is 11.5 Å². The van der Waals surface area contributed by atoms with Gasteiger partial charge in [-0.3, -0.25) is 4.79 Å². The van der Waals surface area contributed by atoms with E-state index in [0.717, 1.165) is 18.5 Å². The first-order chi connectivity index (χ1) is 14.1. The second-order valence-corrected chi connectivity index (χ2v) is 6.49. The third-order valence-electron chi connectivity index (χ3n) is 4.35. The van der Waals surface area contributed by atoms with Gasteiger partial charge in [-0.05, 0) is 37.1 Å². The zero-order chi connectivity index (χ0) is 22.1. The number of aromatic nitrogens is 3. The van der Waals surface area contributed by atoms with Crippen molar-refractivity contribution in [1.29, 1.82) is 0 Å². The molecule has 158 valence electrons. The van der Waals surface area contributed by atoms with Crippen molar-refractivity contribution >= 4 is 28.7 Å². The number of aliphatic carboxylic acids is 1. The lowest BCUT2D eigenvalue weighted by atomic mass is 10.2. The lowest BCUT2D eigenvalue weighted by Gasteiger charge is -2.07. The number of ether oxygens (including phenoxy) is 1. The summed E-state index contributed by atoms with van der Waals surface area (Å²) >= 11 is 0. The second-order valence-electron chi connectivity index (χ2n) is 6.49. The highest BCUT2D eigenvalue weighted by atomic mass is 19.4. The van der Waals surface area contributed by atoms with Crippen LogP contribution in [0.2, 0.25) is 0 Å². The fraction of sp³-hybridized carbons (Fsp3) is 0.263. The Morgan fingerprint density at radius 2 is 1.83 bits per heavy atom. The zero-order valence-electron chi connectivity index (χ0n) is 15.7. The Kier molecular flexibility index (Phi) is 5.63. The third kappa shape index (κ3) is 4.34. The summed E-state index contributed by atoms with van der Waals surface area (Å²) in [6, 6.07) is 10.9. The van der Waals surface area contributed by atoms with E-state index in [1.54, 1.807) is 18.2 Å². The van der Waals surface area contributed by atoms with Crippen LogP contribution in [0.25, 0.3) is 11.0 Å². The van der Waals surface area contributed by atoms with Crippen molar-refractivity contribution in [3.63, 3.8) is 0 Å². The molecule has 1 fully saturated rings. The maximum atomic E-state index is 12.9. The molecule has 30 heavy (non-hydrogen) atoms. The van der Waals surface area contributed by atoms with E-state index in [9.17, 15) is 18.0 Å². The summed E-state index contributed by atoms with van der Waals surface area (Å²) in [5.74, 6) is -1.77. The van der Waals surface area contributed by atoms with E-state index in [0.29, 0.717) is 34.1 Å². The van der Waals surface area contributed by atoms with Gasteiger partial charge in [0.05, 0.1) is 18.1 Å². The number of para-hydroxylation sites is 1. The van der Waals surface area contributed by atoms with E-state index in [2.05, 4.69) is 10.1 Å². The number of carbonyl (C=O) groups excluding carboxylic acids is 1. The molecule has 1 aliphatic rings. The Hall–Kier alpha value is -3.63. The maximum absolute atomic E-state index is 12.9. The van der Waals surface area contributed by atoms with Gasteiger partial charge in [-0.2, -0.15) is 17.9 Å². The Morgan fingerprint density at radius 1 is 1.20 bits per heavy atom. The monoisotopic (exact) mass is 422 g/mol. The van der Waals surface area contributed by atoms with Gasteiger partial charge in [-0.1, -0.05) is 12.1 Å². The molecule has 2 heterocycles. The Bertz CT molecular complexity index is 1110. The standard InChI is InChI=1S/C17H16N4O2.C2HF3O2/c1-23-14-5-3-2-4-11(14)17(22)21-16-12(15(18)20-21)8-9-13(19-16)10-6-7-10;3-2(4,5)1(6)7/h2-5,8-10H,6-7H2,1H3,(H2,18,20);(H,6,7).